The molecule has 146 valence electrons. The highest BCUT2D eigenvalue weighted by atomic mass is 19.4. The summed E-state index contributed by atoms with van der Waals surface area (Å²) >= 11 is 0. The van der Waals surface area contributed by atoms with E-state index in [1.807, 2.05) is 0 Å². The zero-order valence-electron chi connectivity index (χ0n) is 14.7. The van der Waals surface area contributed by atoms with Gasteiger partial charge in [-0.25, -0.2) is 0 Å². The van der Waals surface area contributed by atoms with Crippen molar-refractivity contribution < 1.29 is 27.8 Å². The fourth-order valence-electron chi connectivity index (χ4n) is 2.36. The molecule has 0 saturated carbocycles. The molecule has 27 heavy (non-hydrogen) atoms. The van der Waals surface area contributed by atoms with E-state index in [0.717, 1.165) is 17.7 Å². The number of aliphatic hydroxyl groups is 1. The number of alkyl halides is 3. The summed E-state index contributed by atoms with van der Waals surface area (Å²) in [4.78, 5) is 11.5. The maximum absolute atomic E-state index is 12.7. The molecule has 0 aliphatic rings. The van der Waals surface area contributed by atoms with Gasteiger partial charge in [-0.2, -0.15) is 13.2 Å². The van der Waals surface area contributed by atoms with E-state index < -0.39 is 17.8 Å². The van der Waals surface area contributed by atoms with Gasteiger partial charge in [-0.1, -0.05) is 24.3 Å². The average Bonchev–Trinajstić information content (AvgIpc) is 2.67. The average molecular weight is 382 g/mol. The molecule has 1 amide bonds. The zero-order chi connectivity index (χ0) is 19.9. The first kappa shape index (κ1) is 20.7. The minimum atomic E-state index is -4.38. The van der Waals surface area contributed by atoms with Crippen LogP contribution in [0, 0.1) is 0 Å². The molecule has 5 nitrogen and oxygen atoms in total. The lowest BCUT2D eigenvalue weighted by atomic mass is 10.1. The smallest absolute Gasteiger partial charge is 0.416 e. The van der Waals surface area contributed by atoms with Gasteiger partial charge in [0.05, 0.1) is 12.2 Å². The van der Waals surface area contributed by atoms with Crippen molar-refractivity contribution in [3.63, 3.8) is 0 Å². The SMILES string of the molecule is CNC(=O)[C@@H](CO)NCc1ccc(OCc2cccc(C(F)(F)F)c2)cc1. The molecule has 1 atom stereocenters. The summed E-state index contributed by atoms with van der Waals surface area (Å²) in [6, 6.07) is 11.2. The van der Waals surface area contributed by atoms with Gasteiger partial charge in [0, 0.05) is 13.6 Å². The highest BCUT2D eigenvalue weighted by Crippen LogP contribution is 2.29. The fourth-order valence-corrected chi connectivity index (χ4v) is 2.36. The van der Waals surface area contributed by atoms with Gasteiger partial charge in [0.15, 0.2) is 0 Å². The van der Waals surface area contributed by atoms with Crippen LogP contribution in [0.3, 0.4) is 0 Å². The normalized spacial score (nSPS) is 12.5. The maximum atomic E-state index is 12.7. The topological polar surface area (TPSA) is 70.6 Å². The minimum absolute atomic E-state index is 0.0186. The van der Waals surface area contributed by atoms with Crippen LogP contribution < -0.4 is 15.4 Å². The molecule has 0 heterocycles. The third kappa shape index (κ3) is 6.26. The lowest BCUT2D eigenvalue weighted by Crippen LogP contribution is -2.44. The van der Waals surface area contributed by atoms with E-state index in [1.54, 1.807) is 30.3 Å². The Morgan fingerprint density at radius 2 is 1.85 bits per heavy atom. The summed E-state index contributed by atoms with van der Waals surface area (Å²) in [5.74, 6) is 0.208. The molecule has 0 fully saturated rings. The summed E-state index contributed by atoms with van der Waals surface area (Å²) in [6.07, 6.45) is -4.38. The Balaban J connectivity index is 1.90. The second-order valence-corrected chi connectivity index (χ2v) is 5.86. The van der Waals surface area contributed by atoms with Gasteiger partial charge in [-0.15, -0.1) is 0 Å². The standard InChI is InChI=1S/C19H21F3N2O3/c1-23-18(26)17(11-25)24-10-13-5-7-16(8-6-13)27-12-14-3-2-4-15(9-14)19(20,21)22/h2-9,17,24-25H,10-12H2,1H3,(H,23,26)/t17-/m1/s1. The quantitative estimate of drug-likeness (QED) is 0.656. The lowest BCUT2D eigenvalue weighted by molar-refractivity contribution is -0.137. The first-order valence-corrected chi connectivity index (χ1v) is 8.27. The number of ether oxygens (including phenoxy) is 1. The highest BCUT2D eigenvalue weighted by Gasteiger charge is 2.30. The maximum Gasteiger partial charge on any atom is 0.416 e. The molecule has 0 unspecified atom stereocenters. The Morgan fingerprint density at radius 3 is 2.44 bits per heavy atom. The molecular weight excluding hydrogens is 361 g/mol. The number of amides is 1. The first-order chi connectivity index (χ1) is 12.8. The summed E-state index contributed by atoms with van der Waals surface area (Å²) in [5, 5.41) is 14.6. The molecule has 0 aromatic heterocycles. The number of carbonyl (C=O) groups is 1. The molecular formula is C19H21F3N2O3. The third-order valence-electron chi connectivity index (χ3n) is 3.88. The van der Waals surface area contributed by atoms with Crippen LogP contribution in [-0.4, -0.2) is 30.7 Å². The molecule has 0 aliphatic heterocycles. The number of halogens is 3. The summed E-state index contributed by atoms with van der Waals surface area (Å²) < 4.78 is 43.7. The van der Waals surface area contributed by atoms with E-state index in [1.165, 1.54) is 13.1 Å². The molecule has 0 saturated heterocycles. The minimum Gasteiger partial charge on any atom is -0.489 e. The van der Waals surface area contributed by atoms with Crippen LogP contribution in [0.2, 0.25) is 0 Å². The molecule has 3 N–H and O–H groups in total. The number of hydrogen-bond donors (Lipinski definition) is 3. The predicted molar refractivity (Wildman–Crippen MR) is 94.0 cm³/mol. The van der Waals surface area contributed by atoms with Gasteiger partial charge in [-0.3, -0.25) is 10.1 Å². The van der Waals surface area contributed by atoms with Crippen molar-refractivity contribution in [1.29, 1.82) is 0 Å². The Morgan fingerprint density at radius 1 is 1.15 bits per heavy atom. The second kappa shape index (κ2) is 9.38. The first-order valence-electron chi connectivity index (χ1n) is 8.27. The molecule has 2 rings (SSSR count). The monoisotopic (exact) mass is 382 g/mol. The molecule has 0 spiro atoms. The Kier molecular flexibility index (Phi) is 7.20. The molecule has 2 aromatic carbocycles. The highest BCUT2D eigenvalue weighted by molar-refractivity contribution is 5.81. The predicted octanol–water partition coefficient (Wildman–Crippen LogP) is 2.48. The summed E-state index contributed by atoms with van der Waals surface area (Å²) in [7, 11) is 1.49. The number of likely N-dealkylation sites (N-methyl/N-ethyl adjacent to an activating group) is 1. The van der Waals surface area contributed by atoms with E-state index in [4.69, 9.17) is 4.74 Å². The summed E-state index contributed by atoms with van der Waals surface area (Å²) in [6.45, 7) is 0.0647. The Bertz CT molecular complexity index is 749. The number of aliphatic hydroxyl groups excluding tert-OH is 1. The molecule has 0 aliphatic carbocycles. The van der Waals surface area contributed by atoms with Gasteiger partial charge < -0.3 is 15.2 Å². The Labute approximate surface area is 155 Å². The summed E-state index contributed by atoms with van der Waals surface area (Å²) in [5.41, 5.74) is 0.579. The number of carbonyl (C=O) groups excluding carboxylic acids is 1. The molecule has 8 heteroatoms. The van der Waals surface area contributed by atoms with Gasteiger partial charge in [0.2, 0.25) is 5.91 Å². The van der Waals surface area contributed by atoms with Gasteiger partial charge in [0.1, 0.15) is 18.4 Å². The molecule has 2 aromatic rings. The molecule has 0 radical (unpaired) electrons. The second-order valence-electron chi connectivity index (χ2n) is 5.86. The van der Waals surface area contributed by atoms with Gasteiger partial charge in [0.25, 0.3) is 0 Å². The van der Waals surface area contributed by atoms with Crippen LogP contribution in [0.15, 0.2) is 48.5 Å². The largest absolute Gasteiger partial charge is 0.489 e. The van der Waals surface area contributed by atoms with E-state index >= 15 is 0 Å². The van der Waals surface area contributed by atoms with Crippen LogP contribution >= 0.6 is 0 Å². The Hall–Kier alpha value is -2.58. The number of benzene rings is 2. The van der Waals surface area contributed by atoms with Crippen molar-refractivity contribution in [2.24, 2.45) is 0 Å². The van der Waals surface area contributed by atoms with Crippen LogP contribution in [0.4, 0.5) is 13.2 Å². The number of rotatable bonds is 8. The fraction of sp³-hybridized carbons (Fsp3) is 0.316. The lowest BCUT2D eigenvalue weighted by Gasteiger charge is -2.15. The van der Waals surface area contributed by atoms with Gasteiger partial charge >= 0.3 is 6.18 Å². The van der Waals surface area contributed by atoms with E-state index in [9.17, 15) is 23.1 Å². The molecule has 0 bridgehead atoms. The zero-order valence-corrected chi connectivity index (χ0v) is 14.7. The van der Waals surface area contributed by atoms with Crippen molar-refractivity contribution in [3.05, 3.63) is 65.2 Å². The van der Waals surface area contributed by atoms with Crippen molar-refractivity contribution in [3.8, 4) is 5.75 Å². The van der Waals surface area contributed by atoms with Crippen molar-refractivity contribution >= 4 is 5.91 Å². The third-order valence-corrected chi connectivity index (χ3v) is 3.88. The van der Waals surface area contributed by atoms with Crippen molar-refractivity contribution in [1.82, 2.24) is 10.6 Å². The van der Waals surface area contributed by atoms with E-state index in [-0.39, 0.29) is 19.1 Å². The van der Waals surface area contributed by atoms with E-state index in [2.05, 4.69) is 10.6 Å². The van der Waals surface area contributed by atoms with Crippen LogP contribution in [-0.2, 0) is 24.1 Å². The number of hydrogen-bond acceptors (Lipinski definition) is 4. The number of nitrogens with one attached hydrogen (secondary N) is 2. The van der Waals surface area contributed by atoms with Crippen molar-refractivity contribution in [2.75, 3.05) is 13.7 Å². The van der Waals surface area contributed by atoms with Crippen LogP contribution in [0.5, 0.6) is 5.75 Å². The van der Waals surface area contributed by atoms with Gasteiger partial charge in [-0.05, 0) is 35.4 Å². The van der Waals surface area contributed by atoms with Crippen LogP contribution in [0.1, 0.15) is 16.7 Å². The van der Waals surface area contributed by atoms with Crippen molar-refractivity contribution in [2.45, 2.75) is 25.4 Å². The van der Waals surface area contributed by atoms with E-state index in [0.29, 0.717) is 17.9 Å². The van der Waals surface area contributed by atoms with Crippen LogP contribution in [0.25, 0.3) is 0 Å².